The molecule has 0 atom stereocenters. The second-order valence-electron chi connectivity index (χ2n) is 13.3. The van der Waals surface area contributed by atoms with Gasteiger partial charge in [-0.2, -0.15) is 0 Å². The van der Waals surface area contributed by atoms with Crippen LogP contribution in [-0.4, -0.2) is 4.57 Å². The molecule has 2 aromatic heterocycles. The summed E-state index contributed by atoms with van der Waals surface area (Å²) in [6, 6.07) is 65.1. The molecule has 0 aliphatic rings. The van der Waals surface area contributed by atoms with Crippen LogP contribution in [0.1, 0.15) is 0 Å². The smallest absolute Gasteiger partial charge is 0.0547 e. The molecule has 2 heterocycles. The Morgan fingerprint density at radius 3 is 1.54 bits per heavy atom. The minimum Gasteiger partial charge on any atom is -0.309 e. The van der Waals surface area contributed by atoms with Crippen molar-refractivity contribution in [2.45, 2.75) is 0 Å². The van der Waals surface area contributed by atoms with Gasteiger partial charge in [-0.3, -0.25) is 0 Å². The lowest BCUT2D eigenvalue weighted by molar-refractivity contribution is 1.18. The molecule has 0 saturated carbocycles. The van der Waals surface area contributed by atoms with Crippen molar-refractivity contribution in [3.63, 3.8) is 0 Å². The largest absolute Gasteiger partial charge is 0.309 e. The van der Waals surface area contributed by atoms with Gasteiger partial charge in [0.05, 0.1) is 11.0 Å². The first-order valence-electron chi connectivity index (χ1n) is 17.2. The van der Waals surface area contributed by atoms with Gasteiger partial charge in [0.15, 0.2) is 0 Å². The Labute approximate surface area is 292 Å². The van der Waals surface area contributed by atoms with E-state index in [-0.39, 0.29) is 0 Å². The maximum Gasteiger partial charge on any atom is 0.0547 e. The lowest BCUT2D eigenvalue weighted by Crippen LogP contribution is -1.94. The quantitative estimate of drug-likeness (QED) is 0.168. The van der Waals surface area contributed by atoms with Crippen LogP contribution in [0, 0.1) is 0 Å². The molecule has 0 spiro atoms. The number of nitrogens with zero attached hydrogens (tertiary/aromatic N) is 1. The molecule has 0 amide bonds. The lowest BCUT2D eigenvalue weighted by atomic mass is 9.92. The van der Waals surface area contributed by atoms with E-state index in [1.54, 1.807) is 0 Å². The zero-order chi connectivity index (χ0) is 32.8. The van der Waals surface area contributed by atoms with Gasteiger partial charge in [-0.05, 0) is 103 Å². The van der Waals surface area contributed by atoms with Crippen molar-refractivity contribution >= 4 is 85.6 Å². The van der Waals surface area contributed by atoms with E-state index in [2.05, 4.69) is 180 Å². The van der Waals surface area contributed by atoms with E-state index >= 15 is 0 Å². The average Bonchev–Trinajstić information content (AvgIpc) is 3.73. The van der Waals surface area contributed by atoms with Crippen molar-refractivity contribution in [2.75, 3.05) is 0 Å². The van der Waals surface area contributed by atoms with E-state index in [0.717, 1.165) is 5.69 Å². The van der Waals surface area contributed by atoms with Gasteiger partial charge in [0.25, 0.3) is 0 Å². The molecule has 50 heavy (non-hydrogen) atoms. The Bertz CT molecular complexity index is 3120. The summed E-state index contributed by atoms with van der Waals surface area (Å²) in [5, 5.41) is 13.0. The van der Waals surface area contributed by atoms with Crippen molar-refractivity contribution in [1.82, 2.24) is 4.57 Å². The van der Waals surface area contributed by atoms with Crippen LogP contribution >= 0.6 is 11.3 Å². The van der Waals surface area contributed by atoms with E-state index < -0.39 is 0 Å². The van der Waals surface area contributed by atoms with Crippen LogP contribution in [0.4, 0.5) is 0 Å². The minimum atomic E-state index is 1.16. The number of aromatic nitrogens is 1. The number of fused-ring (bicyclic) bond motifs is 12. The van der Waals surface area contributed by atoms with Crippen LogP contribution in [0.2, 0.25) is 0 Å². The molecule has 0 aliphatic heterocycles. The summed E-state index contributed by atoms with van der Waals surface area (Å²) in [5.74, 6) is 0. The summed E-state index contributed by atoms with van der Waals surface area (Å²) in [4.78, 5) is 0. The van der Waals surface area contributed by atoms with Gasteiger partial charge in [-0.1, -0.05) is 127 Å². The molecule has 11 aromatic rings. The lowest BCUT2D eigenvalue weighted by Gasteiger charge is -2.13. The van der Waals surface area contributed by atoms with E-state index in [9.17, 15) is 0 Å². The highest BCUT2D eigenvalue weighted by Gasteiger charge is 2.16. The molecular weight excluding hydrogens is 623 g/mol. The fourth-order valence-electron chi connectivity index (χ4n) is 8.25. The van der Waals surface area contributed by atoms with E-state index in [1.807, 2.05) is 11.3 Å². The first-order chi connectivity index (χ1) is 24.8. The number of para-hydroxylation sites is 1. The molecule has 0 unspecified atom stereocenters. The maximum absolute atomic E-state index is 2.44. The SMILES string of the molecule is c1cc(-c2ccc3sc4ccccc4c3c2)cc(-n2c3ccccc3c3ccc(-c4ccc5c6ccccc6c6ccccc6c5c4)cc32)c1. The van der Waals surface area contributed by atoms with Crippen molar-refractivity contribution < 1.29 is 0 Å². The van der Waals surface area contributed by atoms with Gasteiger partial charge in [-0.15, -0.1) is 11.3 Å². The molecule has 1 nitrogen and oxygen atoms in total. The molecule has 0 bridgehead atoms. The number of hydrogen-bond donors (Lipinski definition) is 0. The summed E-state index contributed by atoms with van der Waals surface area (Å²) in [6.07, 6.45) is 0. The first kappa shape index (κ1) is 27.7. The van der Waals surface area contributed by atoms with Crippen LogP contribution in [-0.2, 0) is 0 Å². The minimum absolute atomic E-state index is 1.16. The van der Waals surface area contributed by atoms with Crippen LogP contribution < -0.4 is 0 Å². The maximum atomic E-state index is 2.44. The Morgan fingerprint density at radius 1 is 0.280 bits per heavy atom. The first-order valence-corrected chi connectivity index (χ1v) is 18.0. The van der Waals surface area contributed by atoms with Crippen molar-refractivity contribution in [2.24, 2.45) is 0 Å². The molecule has 2 heteroatoms. The third-order valence-electron chi connectivity index (χ3n) is 10.6. The number of rotatable bonds is 3. The normalized spacial score (nSPS) is 12.0. The van der Waals surface area contributed by atoms with Crippen LogP contribution in [0.3, 0.4) is 0 Å². The summed E-state index contributed by atoms with van der Waals surface area (Å²) in [6.45, 7) is 0. The fraction of sp³-hybridized carbons (Fsp3) is 0. The summed E-state index contributed by atoms with van der Waals surface area (Å²) in [7, 11) is 0. The van der Waals surface area contributed by atoms with Crippen molar-refractivity contribution in [3.05, 3.63) is 176 Å². The fourth-order valence-corrected chi connectivity index (χ4v) is 9.33. The zero-order valence-corrected chi connectivity index (χ0v) is 27.9. The molecule has 0 N–H and O–H groups in total. The number of thiophene rings is 1. The average molecular weight is 652 g/mol. The summed E-state index contributed by atoms with van der Waals surface area (Å²) >= 11 is 1.87. The van der Waals surface area contributed by atoms with Gasteiger partial charge in [0.1, 0.15) is 0 Å². The molecule has 9 aromatic carbocycles. The van der Waals surface area contributed by atoms with E-state index in [0.29, 0.717) is 0 Å². The molecular formula is C48H29NS. The monoisotopic (exact) mass is 651 g/mol. The summed E-state index contributed by atoms with van der Waals surface area (Å²) < 4.78 is 5.11. The highest BCUT2D eigenvalue weighted by molar-refractivity contribution is 7.25. The van der Waals surface area contributed by atoms with Crippen molar-refractivity contribution in [1.29, 1.82) is 0 Å². The molecule has 0 saturated heterocycles. The summed E-state index contributed by atoms with van der Waals surface area (Å²) in [5.41, 5.74) is 8.48. The van der Waals surface area contributed by atoms with Gasteiger partial charge < -0.3 is 4.57 Å². The molecule has 0 fully saturated rings. The van der Waals surface area contributed by atoms with Crippen LogP contribution in [0.5, 0.6) is 0 Å². The predicted molar refractivity (Wildman–Crippen MR) is 217 cm³/mol. The highest BCUT2D eigenvalue weighted by atomic mass is 32.1. The van der Waals surface area contributed by atoms with Gasteiger partial charge >= 0.3 is 0 Å². The molecule has 232 valence electrons. The third-order valence-corrected chi connectivity index (χ3v) is 11.7. The van der Waals surface area contributed by atoms with E-state index in [1.165, 1.54) is 96.5 Å². The number of hydrogen-bond acceptors (Lipinski definition) is 1. The standard InChI is InChI=1S/C48H29NS/c1-2-14-37-35(12-1)36-13-3-4-15-38(36)43-27-31(20-23-39(37)43)33-21-24-41-40-16-5-7-18-45(40)49(46(41)29-33)34-11-9-10-30(26-34)32-22-25-48-44(28-32)42-17-6-8-19-47(42)50-48/h1-29H. The number of benzene rings is 9. The van der Waals surface area contributed by atoms with Crippen molar-refractivity contribution in [3.8, 4) is 27.9 Å². The third kappa shape index (κ3) is 4.06. The van der Waals surface area contributed by atoms with Gasteiger partial charge in [0.2, 0.25) is 0 Å². The van der Waals surface area contributed by atoms with E-state index in [4.69, 9.17) is 0 Å². The molecule has 0 radical (unpaired) electrons. The topological polar surface area (TPSA) is 4.93 Å². The highest BCUT2D eigenvalue weighted by Crippen LogP contribution is 2.40. The second kappa shape index (κ2) is 10.6. The Balaban J connectivity index is 1.10. The Kier molecular flexibility index (Phi) is 5.89. The van der Waals surface area contributed by atoms with Gasteiger partial charge in [-0.25, -0.2) is 0 Å². The van der Waals surface area contributed by atoms with Gasteiger partial charge in [0, 0.05) is 36.6 Å². The zero-order valence-electron chi connectivity index (χ0n) is 27.1. The van der Waals surface area contributed by atoms with Crippen LogP contribution in [0.15, 0.2) is 176 Å². The molecule has 11 rings (SSSR count). The Morgan fingerprint density at radius 2 is 0.780 bits per heavy atom. The molecule has 0 aliphatic carbocycles. The predicted octanol–water partition coefficient (Wildman–Crippen LogP) is 13.9. The van der Waals surface area contributed by atoms with Crippen LogP contribution in [0.25, 0.3) is 102 Å². The Hall–Kier alpha value is -6.22. The second-order valence-corrected chi connectivity index (χ2v) is 14.4.